The Hall–Kier alpha value is -4.27. The summed E-state index contributed by atoms with van der Waals surface area (Å²) in [4.78, 5) is 25.5. The van der Waals surface area contributed by atoms with Crippen LogP contribution in [0.4, 0.5) is 4.39 Å². The second-order valence-electron chi connectivity index (χ2n) is 7.72. The van der Waals surface area contributed by atoms with Gasteiger partial charge in [0.2, 0.25) is 5.89 Å². The maximum Gasteiger partial charge on any atom is 0.437 e. The van der Waals surface area contributed by atoms with E-state index < -0.39 is 23.5 Å². The molecule has 8 nitrogen and oxygen atoms in total. The molecule has 1 amide bonds. The highest BCUT2D eigenvalue weighted by atomic mass is 19.1. The van der Waals surface area contributed by atoms with Gasteiger partial charge in [0.15, 0.2) is 0 Å². The maximum atomic E-state index is 13.2. The fraction of sp³-hybridized carbons (Fsp3) is 0.167. The first-order valence-electron chi connectivity index (χ1n) is 10.3. The molecule has 2 aromatic heterocycles. The number of nitrogens with zero attached hydrogens (tertiary/aromatic N) is 4. The third-order valence-corrected chi connectivity index (χ3v) is 5.40. The molecule has 2 aromatic carbocycles. The molecule has 1 aliphatic rings. The van der Waals surface area contributed by atoms with E-state index in [1.807, 2.05) is 31.2 Å². The molecule has 9 heteroatoms. The monoisotopic (exact) mass is 446 g/mol. The van der Waals surface area contributed by atoms with Gasteiger partial charge in [0.25, 0.3) is 5.91 Å². The van der Waals surface area contributed by atoms with Crippen LogP contribution in [0.25, 0.3) is 11.5 Å². The first-order valence-corrected chi connectivity index (χ1v) is 10.3. The second kappa shape index (κ2) is 8.34. The number of amides is 1. The molecule has 0 aliphatic carbocycles. The van der Waals surface area contributed by atoms with Crippen LogP contribution in [0, 0.1) is 12.7 Å². The molecule has 0 unspecified atom stereocenters. The molecular formula is C24H19FN4O4. The summed E-state index contributed by atoms with van der Waals surface area (Å²) in [6, 6.07) is 16.3. The number of hydrogen-bond acceptors (Lipinski definition) is 6. The van der Waals surface area contributed by atoms with Crippen molar-refractivity contribution in [3.63, 3.8) is 0 Å². The summed E-state index contributed by atoms with van der Waals surface area (Å²) in [7, 11) is 0. The number of hydrogen-bond donors (Lipinski definition) is 0. The van der Waals surface area contributed by atoms with E-state index in [4.69, 9.17) is 8.83 Å². The molecule has 0 N–H and O–H groups in total. The Morgan fingerprint density at radius 1 is 1.09 bits per heavy atom. The third kappa shape index (κ3) is 4.12. The molecule has 0 spiro atoms. The first kappa shape index (κ1) is 20.6. The third-order valence-electron chi connectivity index (χ3n) is 5.40. The topological polar surface area (TPSA) is 93.8 Å². The minimum Gasteiger partial charge on any atom is -0.467 e. The van der Waals surface area contributed by atoms with E-state index in [0.717, 1.165) is 21.5 Å². The number of carbonyl (C=O) groups excluding carboxylic acids is 1. The lowest BCUT2D eigenvalue weighted by Gasteiger charge is -2.19. The molecule has 1 atom stereocenters. The van der Waals surface area contributed by atoms with E-state index in [1.165, 1.54) is 29.3 Å². The Labute approximate surface area is 187 Å². The van der Waals surface area contributed by atoms with Crippen LogP contribution < -0.4 is 5.76 Å². The molecule has 0 fully saturated rings. The van der Waals surface area contributed by atoms with E-state index in [9.17, 15) is 14.0 Å². The Balaban J connectivity index is 1.42. The minimum absolute atomic E-state index is 0.000604. The van der Waals surface area contributed by atoms with Gasteiger partial charge in [-0.15, -0.1) is 5.10 Å². The van der Waals surface area contributed by atoms with Gasteiger partial charge in [-0.3, -0.25) is 4.79 Å². The van der Waals surface area contributed by atoms with Crippen molar-refractivity contribution in [3.8, 4) is 11.5 Å². The number of halogens is 1. The standard InChI is InChI=1S/C24H19FN4O4/c1-15-4-6-16(7-5-15)19-13-20(21-3-2-12-32-21)29(26-19)22(30)14-28-24(31)33-23(27-28)17-8-10-18(25)11-9-17/h2-12,20H,13-14H2,1H3/t20-/m0/s1. The Bertz CT molecular complexity index is 1370. The molecule has 1 aliphatic heterocycles. The van der Waals surface area contributed by atoms with Crippen LogP contribution in [0.3, 0.4) is 0 Å². The molecule has 0 saturated heterocycles. The van der Waals surface area contributed by atoms with Crippen molar-refractivity contribution in [3.05, 3.63) is 100 Å². The average Bonchev–Trinajstić information content (AvgIpc) is 3.55. The summed E-state index contributed by atoms with van der Waals surface area (Å²) in [5.74, 6) is -1.07. The molecule has 0 radical (unpaired) electrons. The summed E-state index contributed by atoms with van der Waals surface area (Å²) in [6.07, 6.45) is 2.01. The van der Waals surface area contributed by atoms with Gasteiger partial charge in [-0.1, -0.05) is 29.8 Å². The number of furan rings is 1. The zero-order valence-corrected chi connectivity index (χ0v) is 17.6. The molecule has 0 saturated carbocycles. The van der Waals surface area contributed by atoms with Gasteiger partial charge < -0.3 is 8.83 Å². The zero-order chi connectivity index (χ0) is 22.9. The number of hydrazone groups is 1. The fourth-order valence-corrected chi connectivity index (χ4v) is 3.68. The Kier molecular flexibility index (Phi) is 5.21. The zero-order valence-electron chi connectivity index (χ0n) is 17.6. The van der Waals surface area contributed by atoms with Gasteiger partial charge in [-0.25, -0.2) is 14.2 Å². The number of rotatable bonds is 5. The van der Waals surface area contributed by atoms with Gasteiger partial charge in [0.05, 0.1) is 12.0 Å². The predicted octanol–water partition coefficient (Wildman–Crippen LogP) is 3.92. The van der Waals surface area contributed by atoms with Crippen molar-refractivity contribution in [2.75, 3.05) is 0 Å². The van der Waals surface area contributed by atoms with Crippen LogP contribution in [-0.2, 0) is 11.3 Å². The minimum atomic E-state index is -0.792. The lowest BCUT2D eigenvalue weighted by molar-refractivity contribution is -0.134. The normalized spacial score (nSPS) is 15.6. The van der Waals surface area contributed by atoms with Gasteiger partial charge in [0, 0.05) is 12.0 Å². The smallest absolute Gasteiger partial charge is 0.437 e. The fourth-order valence-electron chi connectivity index (χ4n) is 3.68. The Morgan fingerprint density at radius 2 is 1.82 bits per heavy atom. The average molecular weight is 446 g/mol. The number of carbonyl (C=O) groups is 1. The van der Waals surface area contributed by atoms with Crippen molar-refractivity contribution in [2.24, 2.45) is 5.10 Å². The van der Waals surface area contributed by atoms with Crippen LogP contribution in [-0.4, -0.2) is 26.4 Å². The summed E-state index contributed by atoms with van der Waals surface area (Å²) in [5.41, 5.74) is 3.19. The number of benzene rings is 2. The van der Waals surface area contributed by atoms with Crippen molar-refractivity contribution in [1.29, 1.82) is 0 Å². The van der Waals surface area contributed by atoms with E-state index in [1.54, 1.807) is 18.4 Å². The SMILES string of the molecule is Cc1ccc(C2=NN(C(=O)Cn3nc(-c4ccc(F)cc4)oc3=O)[C@H](c3ccco3)C2)cc1. The highest BCUT2D eigenvalue weighted by Gasteiger charge is 2.35. The summed E-state index contributed by atoms with van der Waals surface area (Å²) >= 11 is 0. The summed E-state index contributed by atoms with van der Waals surface area (Å²) in [5, 5.41) is 9.97. The van der Waals surface area contributed by atoms with Crippen LogP contribution in [0.1, 0.15) is 29.3 Å². The second-order valence-corrected chi connectivity index (χ2v) is 7.72. The summed E-state index contributed by atoms with van der Waals surface area (Å²) < 4.78 is 24.8. The quantitative estimate of drug-likeness (QED) is 0.463. The van der Waals surface area contributed by atoms with Crippen molar-refractivity contribution in [1.82, 2.24) is 14.8 Å². The van der Waals surface area contributed by atoms with Crippen molar-refractivity contribution < 1.29 is 18.0 Å². The van der Waals surface area contributed by atoms with E-state index in [-0.39, 0.29) is 12.4 Å². The maximum absolute atomic E-state index is 13.2. The largest absolute Gasteiger partial charge is 0.467 e. The van der Waals surface area contributed by atoms with Crippen LogP contribution in [0.2, 0.25) is 0 Å². The molecule has 3 heterocycles. The van der Waals surface area contributed by atoms with Crippen LogP contribution in [0.5, 0.6) is 0 Å². The van der Waals surface area contributed by atoms with Crippen LogP contribution in [0.15, 0.2) is 85.7 Å². The van der Waals surface area contributed by atoms with Crippen molar-refractivity contribution in [2.45, 2.75) is 25.9 Å². The van der Waals surface area contributed by atoms with Gasteiger partial charge in [0.1, 0.15) is 24.2 Å². The molecule has 5 rings (SSSR count). The lowest BCUT2D eigenvalue weighted by atomic mass is 10.0. The van der Waals surface area contributed by atoms with Crippen molar-refractivity contribution >= 4 is 11.6 Å². The highest BCUT2D eigenvalue weighted by molar-refractivity contribution is 6.03. The predicted molar refractivity (Wildman–Crippen MR) is 117 cm³/mol. The molecular weight excluding hydrogens is 427 g/mol. The molecule has 166 valence electrons. The van der Waals surface area contributed by atoms with Crippen LogP contribution >= 0.6 is 0 Å². The van der Waals surface area contributed by atoms with Gasteiger partial charge >= 0.3 is 5.76 Å². The highest BCUT2D eigenvalue weighted by Crippen LogP contribution is 2.33. The van der Waals surface area contributed by atoms with Gasteiger partial charge in [-0.2, -0.15) is 9.78 Å². The van der Waals surface area contributed by atoms with E-state index >= 15 is 0 Å². The molecule has 4 aromatic rings. The number of aromatic nitrogens is 2. The lowest BCUT2D eigenvalue weighted by Crippen LogP contribution is -2.33. The van der Waals surface area contributed by atoms with Gasteiger partial charge in [-0.05, 0) is 48.9 Å². The molecule has 0 bridgehead atoms. The van der Waals surface area contributed by atoms with E-state index in [0.29, 0.717) is 17.7 Å². The summed E-state index contributed by atoms with van der Waals surface area (Å²) in [6.45, 7) is 1.63. The first-order chi connectivity index (χ1) is 16.0. The number of aryl methyl sites for hydroxylation is 1. The Morgan fingerprint density at radius 3 is 2.52 bits per heavy atom. The van der Waals surface area contributed by atoms with E-state index in [2.05, 4.69) is 10.2 Å². The molecule has 33 heavy (non-hydrogen) atoms.